The first-order chi connectivity index (χ1) is 8.33. The Kier molecular flexibility index (Phi) is 2.22. The van der Waals surface area contributed by atoms with Gasteiger partial charge in [-0.2, -0.15) is 5.10 Å². The molecule has 5 nitrogen and oxygen atoms in total. The molecule has 0 aliphatic rings. The summed E-state index contributed by atoms with van der Waals surface area (Å²) in [6.45, 7) is 2.02. The summed E-state index contributed by atoms with van der Waals surface area (Å²) in [5, 5.41) is 7.37. The van der Waals surface area contributed by atoms with E-state index in [0.29, 0.717) is 0 Å². The van der Waals surface area contributed by atoms with Crippen LogP contribution in [0.3, 0.4) is 0 Å². The van der Waals surface area contributed by atoms with Crippen molar-refractivity contribution in [2.24, 2.45) is 0 Å². The van der Waals surface area contributed by atoms with Crippen LogP contribution in [0.5, 0.6) is 0 Å². The molecule has 17 heavy (non-hydrogen) atoms. The number of pyridine rings is 2. The van der Waals surface area contributed by atoms with E-state index in [0.717, 1.165) is 22.7 Å². The maximum Gasteiger partial charge on any atom is 0.178 e. The number of nitrogens with one attached hydrogen (secondary N) is 1. The highest BCUT2D eigenvalue weighted by Crippen LogP contribution is 2.19. The summed E-state index contributed by atoms with van der Waals surface area (Å²) in [6, 6.07) is 7.76. The van der Waals surface area contributed by atoms with Gasteiger partial charge in [0.1, 0.15) is 12.1 Å². The summed E-state index contributed by atoms with van der Waals surface area (Å²) >= 11 is 0. The maximum absolute atomic E-state index is 4.23. The SMILES string of the molecule is Cc1cc(Nc2ccccn2)c2ncnn2c1. The summed E-state index contributed by atoms with van der Waals surface area (Å²) in [6.07, 6.45) is 5.23. The maximum atomic E-state index is 4.23. The van der Waals surface area contributed by atoms with Crippen molar-refractivity contribution in [2.45, 2.75) is 6.92 Å². The molecule has 3 rings (SSSR count). The van der Waals surface area contributed by atoms with E-state index in [4.69, 9.17) is 0 Å². The standard InChI is InChI=1S/C12H11N5/c1-9-6-10(12-14-8-15-17(12)7-9)16-11-4-2-3-5-13-11/h2-8H,1H3,(H,13,16). The van der Waals surface area contributed by atoms with Crippen LogP contribution in [0, 0.1) is 6.92 Å². The zero-order valence-electron chi connectivity index (χ0n) is 9.33. The second-order valence-corrected chi connectivity index (χ2v) is 3.80. The van der Waals surface area contributed by atoms with Crippen molar-refractivity contribution >= 4 is 17.2 Å². The minimum Gasteiger partial charge on any atom is -0.337 e. The van der Waals surface area contributed by atoms with Crippen LogP contribution in [0.4, 0.5) is 11.5 Å². The molecular weight excluding hydrogens is 214 g/mol. The van der Waals surface area contributed by atoms with E-state index in [1.54, 1.807) is 17.0 Å². The Morgan fingerprint density at radius 2 is 2.18 bits per heavy atom. The lowest BCUT2D eigenvalue weighted by Crippen LogP contribution is -1.98. The monoisotopic (exact) mass is 225 g/mol. The van der Waals surface area contributed by atoms with Crippen molar-refractivity contribution in [1.29, 1.82) is 0 Å². The number of aromatic nitrogens is 4. The molecule has 84 valence electrons. The van der Waals surface area contributed by atoms with E-state index < -0.39 is 0 Å². The zero-order chi connectivity index (χ0) is 11.7. The number of fused-ring (bicyclic) bond motifs is 1. The average molecular weight is 225 g/mol. The van der Waals surface area contributed by atoms with Crippen molar-refractivity contribution in [3.63, 3.8) is 0 Å². The molecule has 3 aromatic rings. The van der Waals surface area contributed by atoms with E-state index in [-0.39, 0.29) is 0 Å². The molecule has 0 amide bonds. The van der Waals surface area contributed by atoms with Crippen molar-refractivity contribution in [1.82, 2.24) is 19.6 Å². The predicted molar refractivity (Wildman–Crippen MR) is 65.2 cm³/mol. The lowest BCUT2D eigenvalue weighted by molar-refractivity contribution is 0.952. The van der Waals surface area contributed by atoms with Gasteiger partial charge < -0.3 is 5.32 Å². The largest absolute Gasteiger partial charge is 0.337 e. The molecule has 0 unspecified atom stereocenters. The van der Waals surface area contributed by atoms with Crippen LogP contribution < -0.4 is 5.32 Å². The summed E-state index contributed by atoms with van der Waals surface area (Å²) in [5.74, 6) is 0.794. The Labute approximate surface area is 98.1 Å². The van der Waals surface area contributed by atoms with Crippen LogP contribution in [-0.2, 0) is 0 Å². The molecular formula is C12H11N5. The third-order valence-corrected chi connectivity index (χ3v) is 2.44. The molecule has 0 saturated heterocycles. The van der Waals surface area contributed by atoms with Crippen molar-refractivity contribution in [2.75, 3.05) is 5.32 Å². The first kappa shape index (κ1) is 9.77. The topological polar surface area (TPSA) is 55.1 Å². The molecule has 0 bridgehead atoms. The van der Waals surface area contributed by atoms with Gasteiger partial charge in [-0.1, -0.05) is 6.07 Å². The fourth-order valence-electron chi connectivity index (χ4n) is 1.73. The number of hydrogen-bond acceptors (Lipinski definition) is 4. The van der Waals surface area contributed by atoms with Gasteiger partial charge in [0.15, 0.2) is 5.65 Å². The zero-order valence-corrected chi connectivity index (χ0v) is 9.33. The number of aryl methyl sites for hydroxylation is 1. The Morgan fingerprint density at radius 3 is 3.00 bits per heavy atom. The van der Waals surface area contributed by atoms with Crippen molar-refractivity contribution < 1.29 is 0 Å². The molecule has 0 aromatic carbocycles. The second-order valence-electron chi connectivity index (χ2n) is 3.80. The highest BCUT2D eigenvalue weighted by atomic mass is 15.3. The molecule has 0 fully saturated rings. The van der Waals surface area contributed by atoms with Gasteiger partial charge in [0, 0.05) is 12.4 Å². The molecule has 5 heteroatoms. The van der Waals surface area contributed by atoms with Gasteiger partial charge in [0.25, 0.3) is 0 Å². The number of hydrogen-bond donors (Lipinski definition) is 1. The number of anilines is 2. The fourth-order valence-corrected chi connectivity index (χ4v) is 1.73. The molecule has 0 aliphatic heterocycles. The highest BCUT2D eigenvalue weighted by molar-refractivity contribution is 5.72. The van der Waals surface area contributed by atoms with Crippen LogP contribution in [0.15, 0.2) is 43.0 Å². The molecule has 0 saturated carbocycles. The van der Waals surface area contributed by atoms with E-state index in [1.807, 2.05) is 37.4 Å². The van der Waals surface area contributed by atoms with Gasteiger partial charge in [-0.15, -0.1) is 0 Å². The number of rotatable bonds is 2. The molecule has 0 radical (unpaired) electrons. The Bertz CT molecular complexity index is 644. The van der Waals surface area contributed by atoms with Crippen LogP contribution >= 0.6 is 0 Å². The Balaban J connectivity index is 2.08. The summed E-state index contributed by atoms with van der Waals surface area (Å²) in [4.78, 5) is 8.44. The van der Waals surface area contributed by atoms with Crippen LogP contribution in [-0.4, -0.2) is 19.6 Å². The lowest BCUT2D eigenvalue weighted by Gasteiger charge is -2.07. The van der Waals surface area contributed by atoms with Crippen LogP contribution in [0.2, 0.25) is 0 Å². The number of nitrogens with zero attached hydrogens (tertiary/aromatic N) is 4. The Morgan fingerprint density at radius 1 is 1.24 bits per heavy atom. The molecule has 0 aliphatic carbocycles. The minimum absolute atomic E-state index is 0.793. The quantitative estimate of drug-likeness (QED) is 0.726. The minimum atomic E-state index is 0.793. The summed E-state index contributed by atoms with van der Waals surface area (Å²) in [5.41, 5.74) is 2.81. The molecule has 3 heterocycles. The summed E-state index contributed by atoms with van der Waals surface area (Å²) < 4.78 is 1.75. The highest BCUT2D eigenvalue weighted by Gasteiger charge is 2.05. The normalized spacial score (nSPS) is 10.6. The molecule has 3 aromatic heterocycles. The smallest absolute Gasteiger partial charge is 0.178 e. The predicted octanol–water partition coefficient (Wildman–Crippen LogP) is 2.18. The van der Waals surface area contributed by atoms with Gasteiger partial charge in [0.2, 0.25) is 0 Å². The average Bonchev–Trinajstić information content (AvgIpc) is 2.78. The summed E-state index contributed by atoms with van der Waals surface area (Å²) in [7, 11) is 0. The molecule has 0 spiro atoms. The lowest BCUT2D eigenvalue weighted by atomic mass is 10.3. The third-order valence-electron chi connectivity index (χ3n) is 2.44. The van der Waals surface area contributed by atoms with E-state index in [2.05, 4.69) is 20.4 Å². The van der Waals surface area contributed by atoms with Gasteiger partial charge >= 0.3 is 0 Å². The van der Waals surface area contributed by atoms with Gasteiger partial charge in [-0.05, 0) is 30.7 Å². The van der Waals surface area contributed by atoms with Crippen molar-refractivity contribution in [3.05, 3.63) is 48.5 Å². The Hall–Kier alpha value is -2.43. The third kappa shape index (κ3) is 1.82. The van der Waals surface area contributed by atoms with Crippen LogP contribution in [0.1, 0.15) is 5.56 Å². The van der Waals surface area contributed by atoms with E-state index in [1.165, 1.54) is 0 Å². The van der Waals surface area contributed by atoms with Gasteiger partial charge in [-0.25, -0.2) is 14.5 Å². The molecule has 1 N–H and O–H groups in total. The second kappa shape index (κ2) is 3.86. The fraction of sp³-hybridized carbons (Fsp3) is 0.0833. The van der Waals surface area contributed by atoms with Crippen LogP contribution in [0.25, 0.3) is 5.65 Å². The van der Waals surface area contributed by atoms with Crippen molar-refractivity contribution in [3.8, 4) is 0 Å². The van der Waals surface area contributed by atoms with Gasteiger partial charge in [0.05, 0.1) is 5.69 Å². The van der Waals surface area contributed by atoms with E-state index in [9.17, 15) is 0 Å². The first-order valence-corrected chi connectivity index (χ1v) is 5.31. The van der Waals surface area contributed by atoms with E-state index >= 15 is 0 Å². The molecule has 0 atom stereocenters. The first-order valence-electron chi connectivity index (χ1n) is 5.31. The van der Waals surface area contributed by atoms with Gasteiger partial charge in [-0.3, -0.25) is 0 Å².